The third-order valence-electron chi connectivity index (χ3n) is 9.34. The second kappa shape index (κ2) is 12.8. The lowest BCUT2D eigenvalue weighted by Gasteiger charge is -2.48. The predicted molar refractivity (Wildman–Crippen MR) is 177 cm³/mol. The van der Waals surface area contributed by atoms with E-state index >= 15 is 0 Å². The standard InChI is InChI=1S/C31H62N2O4S3/c1-19(2)24-25(31(10,11)17-22-36-26(29(4,5)6)27(37-22)30(7,8)9)33-18-21(40(24,34)35)16-20(3)23-28(39(12)13)32-14-15-38-23/h19-28,32-33,39H,14-18H2,1-13H3. The van der Waals surface area contributed by atoms with Crippen molar-refractivity contribution in [2.45, 2.75) is 135 Å². The van der Waals surface area contributed by atoms with Crippen molar-refractivity contribution in [3.05, 3.63) is 0 Å². The molecule has 0 amide bonds. The zero-order valence-electron chi connectivity index (χ0n) is 27.7. The first-order chi connectivity index (χ1) is 18.2. The smallest absolute Gasteiger partial charge is 0.159 e. The summed E-state index contributed by atoms with van der Waals surface area (Å²) in [5.41, 5.74) is -0.419. The minimum atomic E-state index is -3.34. The summed E-state index contributed by atoms with van der Waals surface area (Å²) in [5, 5.41) is 7.71. The van der Waals surface area contributed by atoms with Gasteiger partial charge in [-0.05, 0) is 47.0 Å². The van der Waals surface area contributed by atoms with Crippen LogP contribution < -0.4 is 10.6 Å². The fraction of sp³-hybridized carbons (Fsp3) is 1.00. The lowest BCUT2D eigenvalue weighted by atomic mass is 9.76. The lowest BCUT2D eigenvalue weighted by Crippen LogP contribution is -2.64. The summed E-state index contributed by atoms with van der Waals surface area (Å²) < 4.78 is 41.9. The van der Waals surface area contributed by atoms with E-state index < -0.39 is 15.1 Å². The largest absolute Gasteiger partial charge is 0.346 e. The zero-order valence-corrected chi connectivity index (χ0v) is 30.2. The molecule has 0 spiro atoms. The second-order valence-electron chi connectivity index (χ2n) is 16.2. The molecule has 3 heterocycles. The number of hydrogen-bond acceptors (Lipinski definition) is 7. The van der Waals surface area contributed by atoms with E-state index in [1.807, 2.05) is 11.8 Å². The quantitative estimate of drug-likeness (QED) is 0.300. The van der Waals surface area contributed by atoms with Gasteiger partial charge in [0.05, 0.1) is 22.7 Å². The molecule has 8 unspecified atom stereocenters. The van der Waals surface area contributed by atoms with Crippen molar-refractivity contribution in [3.8, 4) is 0 Å². The maximum Gasteiger partial charge on any atom is 0.159 e. The first-order valence-electron chi connectivity index (χ1n) is 15.5. The summed E-state index contributed by atoms with van der Waals surface area (Å²) in [5.74, 6) is 1.47. The number of thioether (sulfide) groups is 1. The Morgan fingerprint density at radius 1 is 0.925 bits per heavy atom. The SMILES string of the molecule is CC(C)C1C(C(C)(C)CC2OC(C(C)(C)C)C(C(C)(C)C)O2)NCC(CC(C)C2SCCNC2[SH](C)C)S1(=O)=O. The molecule has 9 heteroatoms. The van der Waals surface area contributed by atoms with Gasteiger partial charge in [-0.3, -0.25) is 0 Å². The minimum absolute atomic E-state index is 0.00801. The molecule has 8 atom stereocenters. The highest BCUT2D eigenvalue weighted by atomic mass is 32.2. The summed E-state index contributed by atoms with van der Waals surface area (Å²) in [4.78, 5) is 0. The van der Waals surface area contributed by atoms with Crippen LogP contribution in [-0.4, -0.2) is 85.4 Å². The molecule has 0 saturated carbocycles. The molecular weight excluding hydrogens is 561 g/mol. The first kappa shape index (κ1) is 35.0. The molecule has 0 aliphatic carbocycles. The summed E-state index contributed by atoms with van der Waals surface area (Å²) in [6.45, 7) is 25.7. The Morgan fingerprint density at radius 2 is 1.48 bits per heavy atom. The number of ether oxygens (including phenoxy) is 2. The van der Waals surface area contributed by atoms with Crippen LogP contribution in [0.1, 0.15) is 89.0 Å². The molecule has 2 N–H and O–H groups in total. The third kappa shape index (κ3) is 7.76. The minimum Gasteiger partial charge on any atom is -0.346 e. The van der Waals surface area contributed by atoms with Gasteiger partial charge in [0.25, 0.3) is 0 Å². The molecule has 0 radical (unpaired) electrons. The summed E-state index contributed by atoms with van der Waals surface area (Å²) in [7, 11) is -3.47. The van der Waals surface area contributed by atoms with Crippen LogP contribution in [-0.2, 0) is 19.3 Å². The maximum atomic E-state index is 14.3. The van der Waals surface area contributed by atoms with E-state index in [-0.39, 0.29) is 62.8 Å². The van der Waals surface area contributed by atoms with E-state index in [9.17, 15) is 8.42 Å². The number of rotatable bonds is 8. The van der Waals surface area contributed by atoms with Gasteiger partial charge in [-0.15, -0.1) is 0 Å². The monoisotopic (exact) mass is 622 g/mol. The Balaban J connectivity index is 1.78. The Labute approximate surface area is 254 Å². The van der Waals surface area contributed by atoms with Crippen molar-refractivity contribution >= 4 is 32.5 Å². The molecule has 3 saturated heterocycles. The van der Waals surface area contributed by atoms with Gasteiger partial charge in [-0.25, -0.2) is 19.3 Å². The van der Waals surface area contributed by atoms with Gasteiger partial charge in [-0.2, -0.15) is 11.8 Å². The van der Waals surface area contributed by atoms with Gasteiger partial charge < -0.3 is 20.1 Å². The first-order valence-corrected chi connectivity index (χ1v) is 20.4. The van der Waals surface area contributed by atoms with Crippen molar-refractivity contribution in [1.82, 2.24) is 10.6 Å². The number of sulfone groups is 1. The summed E-state index contributed by atoms with van der Waals surface area (Å²) in [6, 6.07) is -0.157. The molecule has 0 aromatic rings. The fourth-order valence-corrected chi connectivity index (χ4v) is 13.7. The normalized spacial score (nSPS) is 37.0. The van der Waals surface area contributed by atoms with Crippen LogP contribution in [0, 0.1) is 28.1 Å². The number of hydrogen-bond donors (Lipinski definition) is 3. The van der Waals surface area contributed by atoms with Crippen molar-refractivity contribution in [1.29, 1.82) is 0 Å². The van der Waals surface area contributed by atoms with Crippen LogP contribution in [0.15, 0.2) is 0 Å². The fourth-order valence-electron chi connectivity index (χ4n) is 7.19. The van der Waals surface area contributed by atoms with Crippen LogP contribution in [0.2, 0.25) is 0 Å². The molecule has 0 aromatic carbocycles. The predicted octanol–water partition coefficient (Wildman–Crippen LogP) is 5.70. The topological polar surface area (TPSA) is 76.7 Å². The molecule has 0 aromatic heterocycles. The Bertz CT molecular complexity index is 919. The van der Waals surface area contributed by atoms with E-state index in [1.165, 1.54) is 0 Å². The highest BCUT2D eigenvalue weighted by molar-refractivity contribution is 8.17. The molecular formula is C31H62N2O4S3. The Kier molecular flexibility index (Phi) is 11.2. The number of nitrogens with one attached hydrogen (secondary N) is 2. The molecule has 40 heavy (non-hydrogen) atoms. The lowest BCUT2D eigenvalue weighted by molar-refractivity contribution is -0.109. The highest BCUT2D eigenvalue weighted by Gasteiger charge is 2.54. The summed E-state index contributed by atoms with van der Waals surface area (Å²) in [6.07, 6.45) is 5.70. The Morgan fingerprint density at radius 3 is 1.95 bits per heavy atom. The van der Waals surface area contributed by atoms with E-state index in [1.54, 1.807) is 0 Å². The van der Waals surface area contributed by atoms with E-state index in [0.29, 0.717) is 29.5 Å². The number of thiol groups is 1. The van der Waals surface area contributed by atoms with Crippen LogP contribution in [0.3, 0.4) is 0 Å². The summed E-state index contributed by atoms with van der Waals surface area (Å²) >= 11 is 2.04. The molecule has 3 fully saturated rings. The third-order valence-corrected chi connectivity index (χ3v) is 15.6. The average Bonchev–Trinajstić information content (AvgIpc) is 3.24. The van der Waals surface area contributed by atoms with Crippen molar-refractivity contribution in [2.24, 2.45) is 28.1 Å². The van der Waals surface area contributed by atoms with Gasteiger partial charge in [0.15, 0.2) is 16.1 Å². The molecule has 0 bridgehead atoms. The van der Waals surface area contributed by atoms with Crippen LogP contribution >= 0.6 is 22.7 Å². The highest BCUT2D eigenvalue weighted by Crippen LogP contribution is 2.46. The maximum absolute atomic E-state index is 14.3. The van der Waals surface area contributed by atoms with E-state index in [0.717, 1.165) is 18.7 Å². The second-order valence-corrected chi connectivity index (χ2v) is 22.3. The van der Waals surface area contributed by atoms with Crippen LogP contribution in [0.5, 0.6) is 0 Å². The van der Waals surface area contributed by atoms with Crippen molar-refractivity contribution in [3.63, 3.8) is 0 Å². The molecule has 3 rings (SSSR count). The van der Waals surface area contributed by atoms with Crippen molar-refractivity contribution < 1.29 is 17.9 Å². The molecule has 238 valence electrons. The van der Waals surface area contributed by atoms with Crippen LogP contribution in [0.25, 0.3) is 0 Å². The molecule has 3 aliphatic heterocycles. The van der Waals surface area contributed by atoms with Gasteiger partial charge in [0.2, 0.25) is 0 Å². The average molecular weight is 623 g/mol. The van der Waals surface area contributed by atoms with E-state index in [2.05, 4.69) is 99.3 Å². The van der Waals surface area contributed by atoms with Crippen LogP contribution in [0.4, 0.5) is 0 Å². The van der Waals surface area contributed by atoms with Gasteiger partial charge >= 0.3 is 0 Å². The Hall–Kier alpha value is 0.490. The van der Waals surface area contributed by atoms with Crippen molar-refractivity contribution in [2.75, 3.05) is 31.4 Å². The van der Waals surface area contributed by atoms with Gasteiger partial charge in [0, 0.05) is 41.9 Å². The zero-order chi connectivity index (χ0) is 30.4. The van der Waals surface area contributed by atoms with Gasteiger partial charge in [-0.1, -0.05) is 76.2 Å². The molecule has 3 aliphatic rings. The van der Waals surface area contributed by atoms with Gasteiger partial charge in [0.1, 0.15) is 0 Å². The molecule has 6 nitrogen and oxygen atoms in total. The van der Waals surface area contributed by atoms with E-state index in [4.69, 9.17) is 9.47 Å².